The highest BCUT2D eigenvalue weighted by molar-refractivity contribution is 14.1. The summed E-state index contributed by atoms with van der Waals surface area (Å²) >= 11 is 5.68. The van der Waals surface area contributed by atoms with Gasteiger partial charge < -0.3 is 10.2 Å². The van der Waals surface area contributed by atoms with E-state index in [0.29, 0.717) is 5.69 Å². The summed E-state index contributed by atoms with van der Waals surface area (Å²) in [7, 11) is -4.12. The molecule has 0 unspecified atom stereocenters. The van der Waals surface area contributed by atoms with Gasteiger partial charge in [0.1, 0.15) is 12.6 Å². The van der Waals surface area contributed by atoms with Crippen molar-refractivity contribution in [2.45, 2.75) is 55.6 Å². The monoisotopic (exact) mass is 799 g/mol. The van der Waals surface area contributed by atoms with E-state index in [4.69, 9.17) is 0 Å². The summed E-state index contributed by atoms with van der Waals surface area (Å²) < 4.78 is 31.1. The number of nitrogens with zero attached hydrogens (tertiary/aromatic N) is 2. The van der Waals surface area contributed by atoms with Gasteiger partial charge in [0.05, 0.1) is 10.6 Å². The molecule has 10 heteroatoms. The fourth-order valence-corrected chi connectivity index (χ4v) is 7.85. The second-order valence-electron chi connectivity index (χ2n) is 11.1. The first kappa shape index (κ1) is 33.2. The lowest BCUT2D eigenvalue weighted by Crippen LogP contribution is -2.54. The van der Waals surface area contributed by atoms with Crippen molar-refractivity contribution in [2.75, 3.05) is 10.8 Å². The molecule has 4 aromatic rings. The van der Waals surface area contributed by atoms with Gasteiger partial charge in [0.25, 0.3) is 10.0 Å². The Bertz CT molecular complexity index is 1700. The molecule has 1 aliphatic rings. The van der Waals surface area contributed by atoms with Crippen molar-refractivity contribution in [1.82, 2.24) is 10.2 Å². The van der Waals surface area contributed by atoms with Gasteiger partial charge in [-0.25, -0.2) is 8.42 Å². The van der Waals surface area contributed by atoms with Gasteiger partial charge in [-0.3, -0.25) is 13.9 Å². The molecule has 7 nitrogen and oxygen atoms in total. The standard InChI is InChI=1S/C35H35BrIN3O4S/c36-28-13-9-12-27(22-28)24-39(33(23-26-10-3-1-4-11-26)35(42)38-30-14-7-8-15-30)34(41)25-40(31-20-18-29(37)19-21-31)45(43,44)32-16-5-2-6-17-32/h1-6,9-13,16-22,30,33H,7-8,14-15,23-25H2,(H,38,42)/t33-/m1/s1. The number of nitrogens with one attached hydrogen (secondary N) is 1. The number of sulfonamides is 1. The van der Waals surface area contributed by atoms with E-state index >= 15 is 0 Å². The van der Waals surface area contributed by atoms with E-state index in [1.54, 1.807) is 47.4 Å². The van der Waals surface area contributed by atoms with Crippen LogP contribution in [0, 0.1) is 3.57 Å². The number of halogens is 2. The van der Waals surface area contributed by atoms with E-state index in [1.807, 2.05) is 54.6 Å². The van der Waals surface area contributed by atoms with Crippen molar-refractivity contribution in [3.63, 3.8) is 0 Å². The maximum Gasteiger partial charge on any atom is 0.264 e. The molecule has 5 rings (SSSR count). The third kappa shape index (κ3) is 8.74. The molecule has 1 atom stereocenters. The summed E-state index contributed by atoms with van der Waals surface area (Å²) in [5.41, 5.74) is 2.09. The second-order valence-corrected chi connectivity index (χ2v) is 15.2. The van der Waals surface area contributed by atoms with Crippen LogP contribution in [0.4, 0.5) is 5.69 Å². The highest BCUT2D eigenvalue weighted by Gasteiger charge is 2.35. The third-order valence-electron chi connectivity index (χ3n) is 7.94. The van der Waals surface area contributed by atoms with Crippen molar-refractivity contribution in [3.05, 3.63) is 128 Å². The summed E-state index contributed by atoms with van der Waals surface area (Å²) in [6, 6.07) is 31.5. The molecule has 1 saturated carbocycles. The minimum absolute atomic E-state index is 0.0559. The van der Waals surface area contributed by atoms with E-state index in [2.05, 4.69) is 43.8 Å². The zero-order valence-corrected chi connectivity index (χ0v) is 29.2. The molecule has 0 heterocycles. The van der Waals surface area contributed by atoms with E-state index in [-0.39, 0.29) is 29.8 Å². The fraction of sp³-hybridized carbons (Fsp3) is 0.257. The molecule has 1 fully saturated rings. The van der Waals surface area contributed by atoms with Crippen LogP contribution in [-0.2, 0) is 32.6 Å². The SMILES string of the molecule is O=C(NC1CCCC1)[C@@H](Cc1ccccc1)N(Cc1cccc(Br)c1)C(=O)CN(c1ccc(I)cc1)S(=O)(=O)c1ccccc1. The zero-order chi connectivity index (χ0) is 31.8. The molecule has 0 aliphatic heterocycles. The molecule has 0 radical (unpaired) electrons. The molecule has 0 bridgehead atoms. The van der Waals surface area contributed by atoms with E-state index in [1.165, 1.54) is 12.1 Å². The van der Waals surface area contributed by atoms with Crippen LogP contribution in [0.25, 0.3) is 0 Å². The van der Waals surface area contributed by atoms with Crippen molar-refractivity contribution in [3.8, 4) is 0 Å². The molecule has 0 saturated heterocycles. The number of hydrogen-bond donors (Lipinski definition) is 1. The van der Waals surface area contributed by atoms with E-state index < -0.39 is 28.5 Å². The van der Waals surface area contributed by atoms with Crippen LogP contribution in [0.15, 0.2) is 119 Å². The van der Waals surface area contributed by atoms with Gasteiger partial charge in [-0.05, 0) is 95.1 Å². The van der Waals surface area contributed by atoms with Crippen LogP contribution in [0.1, 0.15) is 36.8 Å². The summed E-state index contributed by atoms with van der Waals surface area (Å²) in [5.74, 6) is -0.712. The lowest BCUT2D eigenvalue weighted by atomic mass is 10.0. The summed E-state index contributed by atoms with van der Waals surface area (Å²) in [5, 5.41) is 3.20. The number of anilines is 1. The average Bonchev–Trinajstić information content (AvgIpc) is 3.56. The maximum absolute atomic E-state index is 14.6. The van der Waals surface area contributed by atoms with Crippen LogP contribution < -0.4 is 9.62 Å². The molecule has 234 valence electrons. The van der Waals surface area contributed by atoms with Gasteiger partial charge in [-0.1, -0.05) is 89.4 Å². The van der Waals surface area contributed by atoms with Gasteiger partial charge >= 0.3 is 0 Å². The molecular formula is C35H35BrIN3O4S. The Hall–Kier alpha value is -3.22. The normalized spacial score (nSPS) is 14.1. The highest BCUT2D eigenvalue weighted by atomic mass is 127. The minimum atomic E-state index is -4.12. The van der Waals surface area contributed by atoms with Crippen LogP contribution in [0.3, 0.4) is 0 Å². The first-order chi connectivity index (χ1) is 21.7. The van der Waals surface area contributed by atoms with Gasteiger partial charge in [-0.2, -0.15) is 0 Å². The third-order valence-corrected chi connectivity index (χ3v) is 10.9. The Kier molecular flexibility index (Phi) is 11.3. The van der Waals surface area contributed by atoms with Crippen molar-refractivity contribution < 1.29 is 18.0 Å². The maximum atomic E-state index is 14.6. The number of amides is 2. The van der Waals surface area contributed by atoms with Crippen LogP contribution in [0.2, 0.25) is 0 Å². The number of benzene rings is 4. The lowest BCUT2D eigenvalue weighted by molar-refractivity contribution is -0.140. The Morgan fingerprint density at radius 3 is 2.11 bits per heavy atom. The molecule has 0 spiro atoms. The molecule has 4 aromatic carbocycles. The topological polar surface area (TPSA) is 86.8 Å². The Balaban J connectivity index is 1.56. The van der Waals surface area contributed by atoms with E-state index in [9.17, 15) is 18.0 Å². The van der Waals surface area contributed by atoms with E-state index in [0.717, 1.165) is 49.2 Å². The average molecular weight is 801 g/mol. The molecule has 45 heavy (non-hydrogen) atoms. The Morgan fingerprint density at radius 1 is 0.844 bits per heavy atom. The number of hydrogen-bond acceptors (Lipinski definition) is 4. The predicted molar refractivity (Wildman–Crippen MR) is 189 cm³/mol. The van der Waals surface area contributed by atoms with Crippen molar-refractivity contribution >= 4 is 66.0 Å². The first-order valence-electron chi connectivity index (χ1n) is 14.9. The Morgan fingerprint density at radius 2 is 1.47 bits per heavy atom. The number of carbonyl (C=O) groups excluding carboxylic acids is 2. The second kappa shape index (κ2) is 15.4. The largest absolute Gasteiger partial charge is 0.352 e. The number of carbonyl (C=O) groups is 2. The highest BCUT2D eigenvalue weighted by Crippen LogP contribution is 2.26. The zero-order valence-electron chi connectivity index (χ0n) is 24.7. The predicted octanol–water partition coefficient (Wildman–Crippen LogP) is 6.95. The first-order valence-corrected chi connectivity index (χ1v) is 18.2. The quantitative estimate of drug-likeness (QED) is 0.157. The Labute approximate surface area is 287 Å². The summed E-state index contributed by atoms with van der Waals surface area (Å²) in [6.45, 7) is -0.354. The number of rotatable bonds is 12. The fourth-order valence-electron chi connectivity index (χ4n) is 5.61. The molecule has 1 aliphatic carbocycles. The molecule has 0 aromatic heterocycles. The molecular weight excluding hydrogens is 765 g/mol. The van der Waals surface area contributed by atoms with Crippen LogP contribution >= 0.6 is 38.5 Å². The van der Waals surface area contributed by atoms with Gasteiger partial charge in [0.15, 0.2) is 0 Å². The molecule has 1 N–H and O–H groups in total. The van der Waals surface area contributed by atoms with Crippen LogP contribution in [-0.4, -0.2) is 43.8 Å². The minimum Gasteiger partial charge on any atom is -0.352 e. The summed E-state index contributed by atoms with van der Waals surface area (Å²) in [6.07, 6.45) is 4.20. The van der Waals surface area contributed by atoms with Gasteiger partial charge in [0.2, 0.25) is 11.8 Å². The lowest BCUT2D eigenvalue weighted by Gasteiger charge is -2.34. The summed E-state index contributed by atoms with van der Waals surface area (Å²) in [4.78, 5) is 30.3. The van der Waals surface area contributed by atoms with Gasteiger partial charge in [-0.15, -0.1) is 0 Å². The van der Waals surface area contributed by atoms with Crippen molar-refractivity contribution in [2.24, 2.45) is 0 Å². The smallest absolute Gasteiger partial charge is 0.264 e. The van der Waals surface area contributed by atoms with Gasteiger partial charge in [0, 0.05) is 27.1 Å². The molecule has 2 amide bonds. The van der Waals surface area contributed by atoms with Crippen LogP contribution in [0.5, 0.6) is 0 Å². The van der Waals surface area contributed by atoms with Crippen molar-refractivity contribution in [1.29, 1.82) is 0 Å².